The summed E-state index contributed by atoms with van der Waals surface area (Å²) in [5.74, 6) is 0.710. The van der Waals surface area contributed by atoms with E-state index in [1.807, 2.05) is 41.5 Å². The molecule has 2 aromatic heterocycles. The largest absolute Gasteiger partial charge is 0.489 e. The lowest BCUT2D eigenvalue weighted by Crippen LogP contribution is -2.41. The highest BCUT2D eigenvalue weighted by molar-refractivity contribution is 9.10. The molecule has 3 rings (SSSR count). The van der Waals surface area contributed by atoms with Crippen LogP contribution in [0.3, 0.4) is 0 Å². The molecule has 0 bridgehead atoms. The first-order valence-electron chi connectivity index (χ1n) is 9.47. The minimum atomic E-state index is -0.241. The van der Waals surface area contributed by atoms with Crippen LogP contribution in [0.2, 0.25) is 10.3 Å². The highest BCUT2D eigenvalue weighted by Crippen LogP contribution is 2.38. The van der Waals surface area contributed by atoms with Gasteiger partial charge in [0.2, 0.25) is 0 Å². The van der Waals surface area contributed by atoms with Gasteiger partial charge in [-0.2, -0.15) is 0 Å². The molecular weight excluding hydrogens is 518 g/mol. The summed E-state index contributed by atoms with van der Waals surface area (Å²) >= 11 is 14.2. The molecule has 1 fully saturated rings. The Hall–Kier alpha value is -1.72. The topological polar surface area (TPSA) is 122 Å². The third-order valence-electron chi connectivity index (χ3n) is 4.65. The number of anilines is 2. The number of nitrogen functional groups attached to an aromatic ring is 2. The van der Waals surface area contributed by atoms with Crippen LogP contribution in [0.15, 0.2) is 35.2 Å². The lowest BCUT2D eigenvalue weighted by molar-refractivity contribution is 0.00578. The van der Waals surface area contributed by atoms with Gasteiger partial charge in [-0.3, -0.25) is 0 Å². The fraction of sp³-hybridized carbons (Fsp3) is 0.400. The molecule has 0 atom stereocenters. The molecule has 12 heteroatoms. The van der Waals surface area contributed by atoms with Crippen LogP contribution in [-0.4, -0.2) is 38.7 Å². The van der Waals surface area contributed by atoms with E-state index in [4.69, 9.17) is 44.0 Å². The molecular formula is C20H28BBrCl2N6O2. The molecule has 4 N–H and O–H groups in total. The van der Waals surface area contributed by atoms with Crippen LogP contribution in [0.5, 0.6) is 0 Å². The molecule has 32 heavy (non-hydrogen) atoms. The summed E-state index contributed by atoms with van der Waals surface area (Å²) in [6.07, 6.45) is 0. The van der Waals surface area contributed by atoms with Crippen molar-refractivity contribution in [1.82, 2.24) is 20.4 Å². The highest BCUT2D eigenvalue weighted by atomic mass is 79.9. The van der Waals surface area contributed by atoms with Crippen molar-refractivity contribution >= 4 is 63.5 Å². The molecule has 2 aromatic rings. The van der Waals surface area contributed by atoms with E-state index in [-0.39, 0.29) is 18.3 Å². The molecule has 1 saturated heterocycles. The molecule has 0 aliphatic carbocycles. The third kappa shape index (κ3) is 8.01. The first-order valence-corrected chi connectivity index (χ1v) is 11.0. The van der Waals surface area contributed by atoms with Crippen molar-refractivity contribution < 1.29 is 9.31 Å². The molecule has 0 amide bonds. The van der Waals surface area contributed by atoms with Crippen molar-refractivity contribution in [3.63, 3.8) is 0 Å². The monoisotopic (exact) mass is 544 g/mol. The van der Waals surface area contributed by atoms with E-state index in [0.717, 1.165) is 16.6 Å². The van der Waals surface area contributed by atoms with Gasteiger partial charge >= 0.3 is 7.12 Å². The van der Waals surface area contributed by atoms with Gasteiger partial charge in [0.25, 0.3) is 0 Å². The second-order valence-electron chi connectivity index (χ2n) is 8.08. The molecule has 0 unspecified atom stereocenters. The quantitative estimate of drug-likeness (QED) is 0.480. The van der Waals surface area contributed by atoms with E-state index >= 15 is 0 Å². The summed E-state index contributed by atoms with van der Waals surface area (Å²) < 4.78 is 12.1. The zero-order valence-corrected chi connectivity index (χ0v) is 22.1. The van der Waals surface area contributed by atoms with Gasteiger partial charge in [0, 0.05) is 5.56 Å². The van der Waals surface area contributed by atoms with E-state index in [0.29, 0.717) is 26.4 Å². The van der Waals surface area contributed by atoms with Gasteiger partial charge in [0.05, 0.1) is 15.7 Å². The molecule has 3 heterocycles. The Morgan fingerprint density at radius 2 is 1.34 bits per heavy atom. The van der Waals surface area contributed by atoms with Crippen molar-refractivity contribution in [2.45, 2.75) is 52.7 Å². The maximum Gasteiger partial charge on any atom is 0.489 e. The minimum absolute atomic E-state index is 0.239. The molecule has 0 spiro atoms. The van der Waals surface area contributed by atoms with Crippen LogP contribution < -0.4 is 11.5 Å². The SMILES string of the molecule is C=C(C)B1OC(C)(C)C(C)(C)O1.C=C(C)c1cc(Cl)nnc1N.Nc1nnc(Cl)cc1Br. The predicted molar refractivity (Wildman–Crippen MR) is 136 cm³/mol. The van der Waals surface area contributed by atoms with E-state index in [9.17, 15) is 0 Å². The number of halogens is 3. The Bertz CT molecular complexity index is 975. The maximum atomic E-state index is 5.70. The van der Waals surface area contributed by atoms with Crippen LogP contribution in [0.4, 0.5) is 11.6 Å². The summed E-state index contributed by atoms with van der Waals surface area (Å²) in [6.45, 7) is 19.4. The Kier molecular flexibility index (Phi) is 10.1. The van der Waals surface area contributed by atoms with Crippen molar-refractivity contribution in [3.8, 4) is 0 Å². The van der Waals surface area contributed by atoms with Crippen LogP contribution in [0.25, 0.3) is 5.57 Å². The van der Waals surface area contributed by atoms with E-state index in [1.165, 1.54) is 0 Å². The van der Waals surface area contributed by atoms with Gasteiger partial charge in [0.15, 0.2) is 21.9 Å². The van der Waals surface area contributed by atoms with Crippen LogP contribution in [0.1, 0.15) is 47.1 Å². The highest BCUT2D eigenvalue weighted by Gasteiger charge is 2.51. The van der Waals surface area contributed by atoms with Crippen LogP contribution in [-0.2, 0) is 9.31 Å². The van der Waals surface area contributed by atoms with Gasteiger partial charge < -0.3 is 20.8 Å². The van der Waals surface area contributed by atoms with Crippen molar-refractivity contribution in [2.75, 3.05) is 11.5 Å². The Morgan fingerprint density at radius 1 is 0.906 bits per heavy atom. The number of nitrogens with two attached hydrogens (primary N) is 2. The number of rotatable bonds is 2. The van der Waals surface area contributed by atoms with Gasteiger partial charge in [0.1, 0.15) is 0 Å². The van der Waals surface area contributed by atoms with E-state index in [1.54, 1.807) is 12.1 Å². The first kappa shape index (κ1) is 28.3. The van der Waals surface area contributed by atoms with Gasteiger partial charge in [-0.1, -0.05) is 35.3 Å². The van der Waals surface area contributed by atoms with E-state index in [2.05, 4.69) is 49.5 Å². The lowest BCUT2D eigenvalue weighted by Gasteiger charge is -2.32. The van der Waals surface area contributed by atoms with Crippen LogP contribution >= 0.6 is 39.1 Å². The number of hydrogen-bond donors (Lipinski definition) is 2. The Labute approximate surface area is 208 Å². The number of aromatic nitrogens is 4. The standard InChI is InChI=1S/C9H17BO2.C7H8ClN3.C4H3BrClN3/c1-7(2)10-11-8(3,4)9(5,6)12-10;1-4(2)5-3-6(8)10-11-7(5)9;5-2-1-3(6)8-9-4(2)7/h1H2,2-6H3;3H,1H2,2H3,(H2,9,11);1H,(H2,7,9). The smallest absolute Gasteiger partial charge is 0.400 e. The molecule has 174 valence electrons. The normalized spacial score (nSPS) is 15.7. The summed E-state index contributed by atoms with van der Waals surface area (Å²) in [6, 6.07) is 3.23. The second-order valence-corrected chi connectivity index (χ2v) is 9.71. The fourth-order valence-electron chi connectivity index (χ4n) is 2.12. The Balaban J connectivity index is 0.000000242. The Morgan fingerprint density at radius 3 is 1.66 bits per heavy atom. The van der Waals surface area contributed by atoms with Gasteiger partial charge in [-0.05, 0) is 75.2 Å². The first-order chi connectivity index (χ1) is 14.6. The minimum Gasteiger partial charge on any atom is -0.400 e. The average Bonchev–Trinajstić information content (AvgIpc) is 2.89. The third-order valence-corrected chi connectivity index (χ3v) is 5.66. The maximum absolute atomic E-state index is 5.70. The average molecular weight is 546 g/mol. The summed E-state index contributed by atoms with van der Waals surface area (Å²) in [5, 5.41) is 14.9. The van der Waals surface area contributed by atoms with Crippen LogP contribution in [0, 0.1) is 0 Å². The molecule has 0 saturated carbocycles. The molecule has 8 nitrogen and oxygen atoms in total. The molecule has 1 aliphatic rings. The number of hydrogen-bond acceptors (Lipinski definition) is 8. The molecule has 1 aliphatic heterocycles. The zero-order valence-electron chi connectivity index (χ0n) is 19.0. The summed E-state index contributed by atoms with van der Waals surface area (Å²) in [4.78, 5) is 0. The van der Waals surface area contributed by atoms with Crippen molar-refractivity contribution in [2.24, 2.45) is 0 Å². The molecule has 0 radical (unpaired) electrons. The second kappa shape index (κ2) is 11.4. The zero-order chi connectivity index (χ0) is 24.9. The lowest BCUT2D eigenvalue weighted by atomic mass is 9.81. The van der Waals surface area contributed by atoms with Gasteiger partial charge in [-0.15, -0.1) is 27.0 Å². The summed E-state index contributed by atoms with van der Waals surface area (Å²) in [5.41, 5.74) is 12.8. The number of nitrogens with zero attached hydrogens (tertiary/aromatic N) is 4. The fourth-order valence-corrected chi connectivity index (χ4v) is 2.84. The van der Waals surface area contributed by atoms with E-state index < -0.39 is 0 Å². The van der Waals surface area contributed by atoms with Gasteiger partial charge in [-0.25, -0.2) is 0 Å². The van der Waals surface area contributed by atoms with Crippen molar-refractivity contribution in [1.29, 1.82) is 0 Å². The summed E-state index contributed by atoms with van der Waals surface area (Å²) in [7, 11) is -0.241. The number of allylic oxidation sites excluding steroid dienone is 2. The van der Waals surface area contributed by atoms with Crippen molar-refractivity contribution in [3.05, 3.63) is 51.1 Å². The molecule has 0 aromatic carbocycles. The predicted octanol–water partition coefficient (Wildman–Crippen LogP) is 5.41.